The summed E-state index contributed by atoms with van der Waals surface area (Å²) in [7, 11) is 0. The zero-order valence-corrected chi connectivity index (χ0v) is 10.1. The van der Waals surface area contributed by atoms with Crippen LogP contribution in [0.25, 0.3) is 0 Å². The van der Waals surface area contributed by atoms with Crippen LogP contribution in [0.15, 0.2) is 11.7 Å². The predicted octanol–water partition coefficient (Wildman–Crippen LogP) is 0.380. The molecule has 0 radical (unpaired) electrons. The Morgan fingerprint density at radius 2 is 2.29 bits per heavy atom. The molecule has 2 amide bonds. The molecule has 6 heteroatoms. The Morgan fingerprint density at radius 3 is 2.94 bits per heavy atom. The van der Waals surface area contributed by atoms with Gasteiger partial charge in [-0.25, -0.2) is 0 Å². The van der Waals surface area contributed by atoms with Crippen molar-refractivity contribution in [3.8, 4) is 0 Å². The number of nitrogens with zero attached hydrogens (tertiary/aromatic N) is 2. The van der Waals surface area contributed by atoms with E-state index in [1.54, 1.807) is 16.6 Å². The number of amides is 2. The molecule has 5 nitrogen and oxygen atoms in total. The average molecular weight is 251 g/mol. The summed E-state index contributed by atoms with van der Waals surface area (Å²) in [6.07, 6.45) is 3.85. The molecule has 1 unspecified atom stereocenters. The SMILES string of the molecule is O=C1NCC(=O)N(Cc2cncs2)C1C1CC1. The number of rotatable bonds is 3. The van der Waals surface area contributed by atoms with E-state index in [4.69, 9.17) is 0 Å². The van der Waals surface area contributed by atoms with Gasteiger partial charge in [0.05, 0.1) is 18.6 Å². The Kier molecular flexibility index (Phi) is 2.58. The lowest BCUT2D eigenvalue weighted by Gasteiger charge is -2.34. The summed E-state index contributed by atoms with van der Waals surface area (Å²) in [5, 5.41) is 2.67. The lowest BCUT2D eigenvalue weighted by atomic mass is 10.1. The van der Waals surface area contributed by atoms with Gasteiger partial charge in [-0.05, 0) is 18.8 Å². The first-order valence-corrected chi connectivity index (χ1v) is 6.58. The zero-order chi connectivity index (χ0) is 11.8. The quantitative estimate of drug-likeness (QED) is 0.844. The minimum atomic E-state index is -0.265. The van der Waals surface area contributed by atoms with Gasteiger partial charge in [0.2, 0.25) is 11.8 Å². The second-order valence-electron chi connectivity index (χ2n) is 4.49. The molecule has 1 N–H and O–H groups in total. The Labute approximate surface area is 103 Å². The van der Waals surface area contributed by atoms with Crippen LogP contribution in [0.1, 0.15) is 17.7 Å². The van der Waals surface area contributed by atoms with Crippen LogP contribution in [0.4, 0.5) is 0 Å². The summed E-state index contributed by atoms with van der Waals surface area (Å²) >= 11 is 1.52. The van der Waals surface area contributed by atoms with E-state index in [0.717, 1.165) is 17.7 Å². The van der Waals surface area contributed by atoms with Crippen LogP contribution in [0.2, 0.25) is 0 Å². The van der Waals surface area contributed by atoms with Gasteiger partial charge in [-0.2, -0.15) is 0 Å². The van der Waals surface area contributed by atoms with Gasteiger partial charge in [-0.15, -0.1) is 11.3 Å². The first-order valence-electron chi connectivity index (χ1n) is 5.70. The fourth-order valence-electron chi connectivity index (χ4n) is 2.22. The van der Waals surface area contributed by atoms with Crippen LogP contribution < -0.4 is 5.32 Å². The van der Waals surface area contributed by atoms with E-state index in [9.17, 15) is 9.59 Å². The van der Waals surface area contributed by atoms with Crippen LogP contribution in [0, 0.1) is 5.92 Å². The van der Waals surface area contributed by atoms with Crippen molar-refractivity contribution >= 4 is 23.2 Å². The standard InChI is InChI=1S/C11H13N3O2S/c15-9-4-13-11(16)10(7-1-2-7)14(9)5-8-3-12-6-17-8/h3,6-7,10H,1-2,4-5H2,(H,13,16). The van der Waals surface area contributed by atoms with E-state index in [1.165, 1.54) is 11.3 Å². The molecule has 1 aromatic rings. The molecule has 1 saturated heterocycles. The van der Waals surface area contributed by atoms with Crippen molar-refractivity contribution in [2.45, 2.75) is 25.4 Å². The molecule has 0 spiro atoms. The molecule has 3 rings (SSSR count). The number of aromatic nitrogens is 1. The lowest BCUT2D eigenvalue weighted by molar-refractivity contribution is -0.147. The van der Waals surface area contributed by atoms with E-state index in [0.29, 0.717) is 12.5 Å². The molecule has 2 heterocycles. The molecule has 2 fully saturated rings. The van der Waals surface area contributed by atoms with Crippen molar-refractivity contribution in [3.63, 3.8) is 0 Å². The van der Waals surface area contributed by atoms with E-state index in [-0.39, 0.29) is 24.4 Å². The second kappa shape index (κ2) is 4.10. The number of hydrogen-bond acceptors (Lipinski definition) is 4. The molecule has 0 aromatic carbocycles. The van der Waals surface area contributed by atoms with Crippen molar-refractivity contribution in [1.29, 1.82) is 0 Å². The highest BCUT2D eigenvalue weighted by Gasteiger charge is 2.44. The van der Waals surface area contributed by atoms with Gasteiger partial charge in [0.25, 0.3) is 0 Å². The lowest BCUT2D eigenvalue weighted by Crippen LogP contribution is -2.58. The van der Waals surface area contributed by atoms with E-state index >= 15 is 0 Å². The molecule has 17 heavy (non-hydrogen) atoms. The largest absolute Gasteiger partial charge is 0.345 e. The number of carbonyl (C=O) groups excluding carboxylic acids is 2. The monoisotopic (exact) mass is 251 g/mol. The normalized spacial score (nSPS) is 24.9. The van der Waals surface area contributed by atoms with Gasteiger partial charge >= 0.3 is 0 Å². The van der Waals surface area contributed by atoms with Gasteiger partial charge in [0.1, 0.15) is 6.04 Å². The van der Waals surface area contributed by atoms with Crippen molar-refractivity contribution in [2.24, 2.45) is 5.92 Å². The maximum absolute atomic E-state index is 11.9. The van der Waals surface area contributed by atoms with E-state index in [1.807, 2.05) is 0 Å². The van der Waals surface area contributed by atoms with Gasteiger partial charge < -0.3 is 10.2 Å². The summed E-state index contributed by atoms with van der Waals surface area (Å²) in [6, 6.07) is -0.265. The molecule has 2 aliphatic rings. The summed E-state index contributed by atoms with van der Waals surface area (Å²) in [5.74, 6) is 0.360. The highest BCUT2D eigenvalue weighted by molar-refractivity contribution is 7.09. The fourth-order valence-corrected chi connectivity index (χ4v) is 2.81. The Morgan fingerprint density at radius 1 is 1.47 bits per heavy atom. The molecule has 0 bridgehead atoms. The third-order valence-electron chi connectivity index (χ3n) is 3.22. The summed E-state index contributed by atoms with van der Waals surface area (Å²) in [5.41, 5.74) is 1.75. The highest BCUT2D eigenvalue weighted by Crippen LogP contribution is 2.37. The number of carbonyl (C=O) groups is 2. The van der Waals surface area contributed by atoms with Crippen LogP contribution in [-0.4, -0.2) is 34.3 Å². The maximum Gasteiger partial charge on any atom is 0.243 e. The molecular formula is C11H13N3O2S. The fraction of sp³-hybridized carbons (Fsp3) is 0.545. The van der Waals surface area contributed by atoms with Gasteiger partial charge in [-0.3, -0.25) is 14.6 Å². The Balaban J connectivity index is 1.81. The average Bonchev–Trinajstić information content (AvgIpc) is 3.01. The van der Waals surface area contributed by atoms with Crippen LogP contribution in [0.3, 0.4) is 0 Å². The third kappa shape index (κ3) is 2.04. The number of piperazine rings is 1. The Bertz CT molecular complexity index is 442. The van der Waals surface area contributed by atoms with Crippen molar-refractivity contribution in [2.75, 3.05) is 6.54 Å². The molecule has 1 aromatic heterocycles. The first kappa shape index (κ1) is 10.7. The summed E-state index contributed by atoms with van der Waals surface area (Å²) in [6.45, 7) is 0.638. The smallest absolute Gasteiger partial charge is 0.243 e. The molecule has 1 saturated carbocycles. The van der Waals surface area contributed by atoms with Crippen molar-refractivity contribution < 1.29 is 9.59 Å². The molecule has 1 aliphatic carbocycles. The van der Waals surface area contributed by atoms with Crippen LogP contribution in [-0.2, 0) is 16.1 Å². The zero-order valence-electron chi connectivity index (χ0n) is 9.26. The molecule has 1 aliphatic heterocycles. The molecule has 1 atom stereocenters. The topological polar surface area (TPSA) is 62.3 Å². The maximum atomic E-state index is 11.9. The number of hydrogen-bond donors (Lipinski definition) is 1. The Hall–Kier alpha value is -1.43. The van der Waals surface area contributed by atoms with Gasteiger partial charge in [0.15, 0.2) is 0 Å². The van der Waals surface area contributed by atoms with Crippen molar-refractivity contribution in [3.05, 3.63) is 16.6 Å². The second-order valence-corrected chi connectivity index (χ2v) is 5.46. The van der Waals surface area contributed by atoms with Gasteiger partial charge in [-0.1, -0.05) is 0 Å². The summed E-state index contributed by atoms with van der Waals surface area (Å²) in [4.78, 5) is 30.5. The third-order valence-corrected chi connectivity index (χ3v) is 3.98. The van der Waals surface area contributed by atoms with Crippen molar-refractivity contribution in [1.82, 2.24) is 15.2 Å². The summed E-state index contributed by atoms with van der Waals surface area (Å²) < 4.78 is 0. The minimum Gasteiger partial charge on any atom is -0.345 e. The van der Waals surface area contributed by atoms with E-state index in [2.05, 4.69) is 10.3 Å². The van der Waals surface area contributed by atoms with E-state index < -0.39 is 0 Å². The first-order chi connectivity index (χ1) is 8.25. The van der Waals surface area contributed by atoms with Crippen LogP contribution >= 0.6 is 11.3 Å². The molecular weight excluding hydrogens is 238 g/mol. The minimum absolute atomic E-state index is 0.00313. The predicted molar refractivity (Wildman–Crippen MR) is 62.2 cm³/mol. The highest BCUT2D eigenvalue weighted by atomic mass is 32.1. The van der Waals surface area contributed by atoms with Crippen LogP contribution in [0.5, 0.6) is 0 Å². The van der Waals surface area contributed by atoms with Gasteiger partial charge in [0, 0.05) is 11.1 Å². The number of thiazole rings is 1. The molecule has 90 valence electrons. The number of nitrogens with one attached hydrogen (secondary N) is 1.